The maximum atomic E-state index is 13.0. The van der Waals surface area contributed by atoms with E-state index in [1.165, 1.54) is 11.8 Å². The molecule has 1 heterocycles. The fourth-order valence-corrected chi connectivity index (χ4v) is 4.74. The third kappa shape index (κ3) is 5.61. The van der Waals surface area contributed by atoms with Crippen molar-refractivity contribution in [2.75, 3.05) is 25.2 Å². The van der Waals surface area contributed by atoms with Gasteiger partial charge in [-0.05, 0) is 67.4 Å². The van der Waals surface area contributed by atoms with Gasteiger partial charge in [0.2, 0.25) is 0 Å². The van der Waals surface area contributed by atoms with Crippen molar-refractivity contribution in [2.24, 2.45) is 0 Å². The molecule has 7 heteroatoms. The first-order chi connectivity index (χ1) is 16.4. The molecule has 0 radical (unpaired) electrons. The van der Waals surface area contributed by atoms with Gasteiger partial charge in [-0.2, -0.15) is 0 Å². The molecule has 5 nitrogen and oxygen atoms in total. The first-order valence-corrected chi connectivity index (χ1v) is 12.0. The number of amides is 1. The number of thioether (sulfide) groups is 1. The average Bonchev–Trinajstić information content (AvgIpc) is 3.10. The molecule has 0 saturated carbocycles. The van der Waals surface area contributed by atoms with Crippen molar-refractivity contribution in [1.82, 2.24) is 0 Å². The highest BCUT2D eigenvalue weighted by Crippen LogP contribution is 2.37. The van der Waals surface area contributed by atoms with Gasteiger partial charge in [-0.15, -0.1) is 0 Å². The molecule has 4 rings (SSSR count). The average molecular weight is 492 g/mol. The maximum absolute atomic E-state index is 13.0. The van der Waals surface area contributed by atoms with Crippen molar-refractivity contribution < 1.29 is 19.0 Å². The number of benzene rings is 3. The maximum Gasteiger partial charge on any atom is 0.270 e. The van der Waals surface area contributed by atoms with Gasteiger partial charge in [0.25, 0.3) is 5.91 Å². The molecule has 0 bridgehead atoms. The Bertz CT molecular complexity index is 1240. The lowest BCUT2D eigenvalue weighted by Gasteiger charge is -2.14. The van der Waals surface area contributed by atoms with Gasteiger partial charge in [0.05, 0.1) is 17.7 Å². The summed E-state index contributed by atoms with van der Waals surface area (Å²) in [6.07, 6.45) is 1.82. The van der Waals surface area contributed by atoms with E-state index in [-0.39, 0.29) is 5.91 Å². The Morgan fingerprint density at radius 3 is 2.41 bits per heavy atom. The van der Waals surface area contributed by atoms with Crippen LogP contribution in [0.5, 0.6) is 17.2 Å². The van der Waals surface area contributed by atoms with Gasteiger partial charge in [0, 0.05) is 0 Å². The predicted octanol–water partition coefficient (Wildman–Crippen LogP) is 6.18. The van der Waals surface area contributed by atoms with E-state index < -0.39 is 0 Å². The van der Waals surface area contributed by atoms with Crippen molar-refractivity contribution in [1.29, 1.82) is 0 Å². The highest BCUT2D eigenvalue weighted by Gasteiger charge is 2.33. The molecular weight excluding hydrogens is 466 g/mol. The Morgan fingerprint density at radius 2 is 1.68 bits per heavy atom. The molecule has 1 aliphatic heterocycles. The summed E-state index contributed by atoms with van der Waals surface area (Å²) >= 11 is 6.76. The van der Waals surface area contributed by atoms with Gasteiger partial charge < -0.3 is 14.2 Å². The summed E-state index contributed by atoms with van der Waals surface area (Å²) in [5.41, 5.74) is 3.86. The molecule has 1 fully saturated rings. The zero-order valence-electron chi connectivity index (χ0n) is 19.2. The smallest absolute Gasteiger partial charge is 0.270 e. The van der Waals surface area contributed by atoms with Gasteiger partial charge in [-0.1, -0.05) is 59.9 Å². The summed E-state index contributed by atoms with van der Waals surface area (Å²) in [6.45, 7) is 4.82. The molecule has 3 aromatic rings. The molecule has 1 saturated heterocycles. The third-order valence-electron chi connectivity index (χ3n) is 5.17. The number of nitrogens with zero attached hydrogens (tertiary/aromatic N) is 1. The second-order valence-corrected chi connectivity index (χ2v) is 9.45. The van der Waals surface area contributed by atoms with Crippen LogP contribution in [-0.4, -0.2) is 30.6 Å². The van der Waals surface area contributed by atoms with Crippen LogP contribution in [0.15, 0.2) is 71.6 Å². The van der Waals surface area contributed by atoms with E-state index in [0.29, 0.717) is 33.9 Å². The third-order valence-corrected chi connectivity index (χ3v) is 6.47. The van der Waals surface area contributed by atoms with Crippen LogP contribution in [0.1, 0.15) is 16.7 Å². The molecule has 0 unspecified atom stereocenters. The number of anilines is 1. The molecule has 0 aliphatic carbocycles. The molecule has 0 aromatic heterocycles. The lowest BCUT2D eigenvalue weighted by atomic mass is 10.1. The van der Waals surface area contributed by atoms with E-state index >= 15 is 0 Å². The van der Waals surface area contributed by atoms with Crippen LogP contribution in [-0.2, 0) is 4.79 Å². The SMILES string of the molecule is COc1cc(C=C2SC(=S)N(c3ccc(C)cc3)C2=O)ccc1OCCOc1cccc(C)c1. The Hall–Kier alpha value is -3.29. The zero-order chi connectivity index (χ0) is 24.1. The standard InChI is InChI=1S/C27H25NO4S2/c1-18-7-10-21(11-8-18)28-26(29)25(34-27(28)33)17-20-9-12-23(24(16-20)30-3)32-14-13-31-22-6-4-5-19(2)15-22/h4-12,15-17H,13-14H2,1-3H3. The first kappa shape index (κ1) is 23.9. The molecule has 0 spiro atoms. The summed E-state index contributed by atoms with van der Waals surface area (Å²) in [6, 6.07) is 21.2. The van der Waals surface area contributed by atoms with E-state index in [4.69, 9.17) is 26.4 Å². The lowest BCUT2D eigenvalue weighted by Crippen LogP contribution is -2.27. The van der Waals surface area contributed by atoms with Gasteiger partial charge in [0.1, 0.15) is 19.0 Å². The molecular formula is C27H25NO4S2. The lowest BCUT2D eigenvalue weighted by molar-refractivity contribution is -0.113. The Kier molecular flexibility index (Phi) is 7.55. The number of hydrogen-bond acceptors (Lipinski definition) is 6. The van der Waals surface area contributed by atoms with Crippen molar-refractivity contribution in [3.63, 3.8) is 0 Å². The monoisotopic (exact) mass is 491 g/mol. The normalized spacial score (nSPS) is 14.6. The Balaban J connectivity index is 1.42. The van der Waals surface area contributed by atoms with Crippen LogP contribution < -0.4 is 19.1 Å². The summed E-state index contributed by atoms with van der Waals surface area (Å²) in [7, 11) is 1.59. The van der Waals surface area contributed by atoms with E-state index in [0.717, 1.165) is 28.1 Å². The van der Waals surface area contributed by atoms with Gasteiger partial charge >= 0.3 is 0 Å². The van der Waals surface area contributed by atoms with Crippen LogP contribution >= 0.6 is 24.0 Å². The highest BCUT2D eigenvalue weighted by atomic mass is 32.2. The van der Waals surface area contributed by atoms with E-state index in [1.54, 1.807) is 12.0 Å². The van der Waals surface area contributed by atoms with Crippen molar-refractivity contribution >= 4 is 46.0 Å². The second kappa shape index (κ2) is 10.8. The van der Waals surface area contributed by atoms with Crippen molar-refractivity contribution in [3.8, 4) is 17.2 Å². The summed E-state index contributed by atoms with van der Waals surface area (Å²) in [4.78, 5) is 15.1. The topological polar surface area (TPSA) is 48.0 Å². The van der Waals surface area contributed by atoms with Crippen LogP contribution in [0.4, 0.5) is 5.69 Å². The second-order valence-electron chi connectivity index (χ2n) is 7.78. The number of carbonyl (C=O) groups is 1. The molecule has 3 aromatic carbocycles. The molecule has 1 aliphatic rings. The Morgan fingerprint density at radius 1 is 0.912 bits per heavy atom. The van der Waals surface area contributed by atoms with Crippen LogP contribution in [0, 0.1) is 13.8 Å². The number of aryl methyl sites for hydroxylation is 2. The number of hydrogen-bond donors (Lipinski definition) is 0. The Labute approximate surface area is 209 Å². The van der Waals surface area contributed by atoms with Crippen molar-refractivity contribution in [2.45, 2.75) is 13.8 Å². The summed E-state index contributed by atoms with van der Waals surface area (Å²) in [5.74, 6) is 1.87. The first-order valence-electron chi connectivity index (χ1n) is 10.8. The minimum atomic E-state index is -0.133. The molecule has 174 valence electrons. The van der Waals surface area contributed by atoms with E-state index in [1.807, 2.05) is 86.7 Å². The number of thiocarbonyl (C=S) groups is 1. The largest absolute Gasteiger partial charge is 0.493 e. The van der Waals surface area contributed by atoms with Gasteiger partial charge in [-0.3, -0.25) is 9.69 Å². The quantitative estimate of drug-likeness (QED) is 0.213. The minimum absolute atomic E-state index is 0.133. The number of methoxy groups -OCH3 is 1. The fraction of sp³-hybridized carbons (Fsp3) is 0.185. The minimum Gasteiger partial charge on any atom is -0.493 e. The number of rotatable bonds is 8. The number of ether oxygens (including phenoxy) is 3. The van der Waals surface area contributed by atoms with Gasteiger partial charge in [0.15, 0.2) is 15.8 Å². The van der Waals surface area contributed by atoms with Crippen LogP contribution in [0.25, 0.3) is 6.08 Å². The summed E-state index contributed by atoms with van der Waals surface area (Å²) < 4.78 is 17.6. The molecule has 0 N–H and O–H groups in total. The highest BCUT2D eigenvalue weighted by molar-refractivity contribution is 8.27. The predicted molar refractivity (Wildman–Crippen MR) is 142 cm³/mol. The van der Waals surface area contributed by atoms with E-state index in [2.05, 4.69) is 0 Å². The van der Waals surface area contributed by atoms with Crippen molar-refractivity contribution in [3.05, 3.63) is 88.3 Å². The van der Waals surface area contributed by atoms with Crippen LogP contribution in [0.2, 0.25) is 0 Å². The molecule has 0 atom stereocenters. The molecule has 1 amide bonds. The van der Waals surface area contributed by atoms with E-state index in [9.17, 15) is 4.79 Å². The van der Waals surface area contributed by atoms with Crippen LogP contribution in [0.3, 0.4) is 0 Å². The molecule has 34 heavy (non-hydrogen) atoms. The summed E-state index contributed by atoms with van der Waals surface area (Å²) in [5, 5.41) is 0. The zero-order valence-corrected chi connectivity index (χ0v) is 20.9. The number of carbonyl (C=O) groups excluding carboxylic acids is 1. The fourth-order valence-electron chi connectivity index (χ4n) is 3.45. The van der Waals surface area contributed by atoms with Gasteiger partial charge in [-0.25, -0.2) is 0 Å².